The Hall–Kier alpha value is -2.59. The molecule has 0 N–H and O–H groups in total. The van der Waals surface area contributed by atoms with Gasteiger partial charge in [0.1, 0.15) is 16.9 Å². The highest BCUT2D eigenvalue weighted by molar-refractivity contribution is 7.09. The summed E-state index contributed by atoms with van der Waals surface area (Å²) in [6, 6.07) is 16.3. The Kier molecular flexibility index (Phi) is 6.88. The summed E-state index contributed by atoms with van der Waals surface area (Å²) in [5, 5.41) is 12.0. The normalized spacial score (nSPS) is 12.1. The first kappa shape index (κ1) is 20.2. The number of rotatable bonds is 8. The molecule has 0 bridgehead atoms. The second-order valence-electron chi connectivity index (χ2n) is 6.64. The van der Waals surface area contributed by atoms with Crippen molar-refractivity contribution in [1.82, 2.24) is 9.88 Å². The van der Waals surface area contributed by atoms with Gasteiger partial charge in [-0.2, -0.15) is 5.26 Å². The minimum Gasteiger partial charge on any atom is -0.375 e. The van der Waals surface area contributed by atoms with Gasteiger partial charge in [0.2, 0.25) is 0 Å². The van der Waals surface area contributed by atoms with Gasteiger partial charge in [-0.25, -0.2) is 9.37 Å². The highest BCUT2D eigenvalue weighted by Gasteiger charge is 2.14. The molecule has 4 nitrogen and oxygen atoms in total. The van der Waals surface area contributed by atoms with Crippen LogP contribution in [0, 0.1) is 17.1 Å². The van der Waals surface area contributed by atoms with Crippen LogP contribution in [0.3, 0.4) is 0 Å². The van der Waals surface area contributed by atoms with Gasteiger partial charge in [-0.05, 0) is 42.3 Å². The number of thiazole rings is 1. The topological polar surface area (TPSA) is 49.1 Å². The molecule has 0 aliphatic heterocycles. The van der Waals surface area contributed by atoms with E-state index in [0.29, 0.717) is 25.2 Å². The average molecular weight is 396 g/mol. The number of ether oxygens (including phenoxy) is 1. The summed E-state index contributed by atoms with van der Waals surface area (Å²) < 4.78 is 19.0. The fourth-order valence-electron chi connectivity index (χ4n) is 2.92. The van der Waals surface area contributed by atoms with Crippen molar-refractivity contribution in [3.8, 4) is 6.07 Å². The van der Waals surface area contributed by atoms with Gasteiger partial charge in [0.15, 0.2) is 0 Å². The molecule has 0 saturated heterocycles. The van der Waals surface area contributed by atoms with E-state index in [2.05, 4.69) is 16.0 Å². The van der Waals surface area contributed by atoms with Crippen LogP contribution in [0.2, 0.25) is 0 Å². The SMILES string of the molecule is COC(C)c1nc(CN(Cc2ccc(C#N)cc2)Cc2cccc(F)c2)cs1. The first-order chi connectivity index (χ1) is 13.6. The van der Waals surface area contributed by atoms with E-state index in [1.807, 2.05) is 42.6 Å². The van der Waals surface area contributed by atoms with E-state index in [9.17, 15) is 4.39 Å². The fraction of sp³-hybridized carbons (Fsp3) is 0.273. The van der Waals surface area contributed by atoms with Crippen LogP contribution in [0.5, 0.6) is 0 Å². The zero-order valence-electron chi connectivity index (χ0n) is 15.9. The molecular weight excluding hydrogens is 373 g/mol. The fourth-order valence-corrected chi connectivity index (χ4v) is 3.76. The molecule has 6 heteroatoms. The summed E-state index contributed by atoms with van der Waals surface area (Å²) in [5.41, 5.74) is 3.61. The van der Waals surface area contributed by atoms with Crippen molar-refractivity contribution < 1.29 is 9.13 Å². The predicted molar refractivity (Wildman–Crippen MR) is 108 cm³/mol. The molecule has 1 aromatic heterocycles. The maximum atomic E-state index is 13.6. The number of methoxy groups -OCH3 is 1. The van der Waals surface area contributed by atoms with Gasteiger partial charge < -0.3 is 4.74 Å². The minimum absolute atomic E-state index is 0.0334. The smallest absolute Gasteiger partial charge is 0.123 e. The van der Waals surface area contributed by atoms with Crippen molar-refractivity contribution in [3.05, 3.63) is 87.1 Å². The van der Waals surface area contributed by atoms with Crippen molar-refractivity contribution in [2.24, 2.45) is 0 Å². The van der Waals surface area contributed by atoms with Crippen LogP contribution < -0.4 is 0 Å². The molecule has 0 fully saturated rings. The lowest BCUT2D eigenvalue weighted by molar-refractivity contribution is 0.119. The van der Waals surface area contributed by atoms with Crippen molar-refractivity contribution >= 4 is 11.3 Å². The molecule has 3 aromatic rings. The molecule has 0 radical (unpaired) electrons. The third kappa shape index (κ3) is 5.46. The van der Waals surface area contributed by atoms with Gasteiger partial charge in [0.05, 0.1) is 17.3 Å². The van der Waals surface area contributed by atoms with Crippen molar-refractivity contribution in [2.45, 2.75) is 32.7 Å². The lowest BCUT2D eigenvalue weighted by Crippen LogP contribution is -2.22. The van der Waals surface area contributed by atoms with Crippen LogP contribution in [0.25, 0.3) is 0 Å². The maximum absolute atomic E-state index is 13.6. The Morgan fingerprint density at radius 1 is 1.14 bits per heavy atom. The summed E-state index contributed by atoms with van der Waals surface area (Å²) in [6.45, 7) is 3.90. The van der Waals surface area contributed by atoms with E-state index in [0.717, 1.165) is 21.8 Å². The molecule has 2 aromatic carbocycles. The zero-order valence-corrected chi connectivity index (χ0v) is 16.7. The van der Waals surface area contributed by atoms with Gasteiger partial charge >= 0.3 is 0 Å². The molecule has 0 saturated carbocycles. The Bertz CT molecular complexity index is 949. The molecule has 0 aliphatic rings. The number of hydrogen-bond acceptors (Lipinski definition) is 5. The second kappa shape index (κ2) is 9.56. The maximum Gasteiger partial charge on any atom is 0.123 e. The third-order valence-electron chi connectivity index (χ3n) is 4.44. The van der Waals surface area contributed by atoms with E-state index in [-0.39, 0.29) is 11.9 Å². The first-order valence-electron chi connectivity index (χ1n) is 9.00. The lowest BCUT2D eigenvalue weighted by atomic mass is 10.1. The Morgan fingerprint density at radius 2 is 1.89 bits per heavy atom. The molecule has 0 aliphatic carbocycles. The summed E-state index contributed by atoms with van der Waals surface area (Å²) in [4.78, 5) is 6.90. The molecule has 28 heavy (non-hydrogen) atoms. The largest absolute Gasteiger partial charge is 0.375 e. The molecule has 3 rings (SSSR count). The van der Waals surface area contributed by atoms with Crippen LogP contribution >= 0.6 is 11.3 Å². The van der Waals surface area contributed by atoms with Crippen molar-refractivity contribution in [1.29, 1.82) is 5.26 Å². The van der Waals surface area contributed by atoms with Gasteiger partial charge in [0.25, 0.3) is 0 Å². The number of hydrogen-bond donors (Lipinski definition) is 0. The average Bonchev–Trinajstić information content (AvgIpc) is 3.16. The second-order valence-corrected chi connectivity index (χ2v) is 7.53. The summed E-state index contributed by atoms with van der Waals surface area (Å²) in [5.74, 6) is -0.235. The molecule has 1 atom stereocenters. The predicted octanol–water partition coefficient (Wildman–Crippen LogP) is 5.06. The van der Waals surface area contributed by atoms with Crippen LogP contribution in [0.15, 0.2) is 53.9 Å². The van der Waals surface area contributed by atoms with Crippen LogP contribution in [-0.4, -0.2) is 17.0 Å². The van der Waals surface area contributed by atoms with E-state index >= 15 is 0 Å². The molecule has 1 unspecified atom stereocenters. The van der Waals surface area contributed by atoms with Crippen LogP contribution in [0.1, 0.15) is 40.4 Å². The van der Waals surface area contributed by atoms with Crippen molar-refractivity contribution in [3.63, 3.8) is 0 Å². The zero-order chi connectivity index (χ0) is 19.9. The quantitative estimate of drug-likeness (QED) is 0.535. The third-order valence-corrected chi connectivity index (χ3v) is 5.50. The first-order valence-corrected chi connectivity index (χ1v) is 9.88. The minimum atomic E-state index is -0.235. The molecular formula is C22H22FN3OS. The van der Waals surface area contributed by atoms with Gasteiger partial charge in [-0.3, -0.25) is 4.90 Å². The Balaban J connectivity index is 1.78. The summed E-state index contributed by atoms with van der Waals surface area (Å²) >= 11 is 1.59. The highest BCUT2D eigenvalue weighted by Crippen LogP contribution is 2.22. The van der Waals surface area contributed by atoms with Gasteiger partial charge in [-0.1, -0.05) is 24.3 Å². The number of nitriles is 1. The standard InChI is InChI=1S/C22H22FN3OS/c1-16(27-2)22-25-21(15-28-22)14-26(13-19-4-3-5-20(23)10-19)12-18-8-6-17(11-24)7-9-18/h3-10,15-16H,12-14H2,1-2H3. The van der Waals surface area contributed by atoms with E-state index in [1.54, 1.807) is 30.6 Å². The number of halogens is 1. The number of nitrogens with zero attached hydrogens (tertiary/aromatic N) is 3. The summed E-state index contributed by atoms with van der Waals surface area (Å²) in [6.07, 6.45) is -0.0334. The van der Waals surface area contributed by atoms with Crippen LogP contribution in [-0.2, 0) is 24.4 Å². The van der Waals surface area contributed by atoms with Gasteiger partial charge in [-0.15, -0.1) is 11.3 Å². The van der Waals surface area contributed by atoms with Crippen molar-refractivity contribution in [2.75, 3.05) is 7.11 Å². The summed E-state index contributed by atoms with van der Waals surface area (Å²) in [7, 11) is 1.67. The highest BCUT2D eigenvalue weighted by atomic mass is 32.1. The lowest BCUT2D eigenvalue weighted by Gasteiger charge is -2.22. The van der Waals surface area contributed by atoms with E-state index < -0.39 is 0 Å². The molecule has 0 amide bonds. The number of benzene rings is 2. The van der Waals surface area contributed by atoms with E-state index in [4.69, 9.17) is 10.00 Å². The number of aromatic nitrogens is 1. The van der Waals surface area contributed by atoms with Gasteiger partial charge in [0, 0.05) is 32.1 Å². The van der Waals surface area contributed by atoms with Crippen LogP contribution in [0.4, 0.5) is 4.39 Å². The van der Waals surface area contributed by atoms with E-state index in [1.165, 1.54) is 6.07 Å². The monoisotopic (exact) mass is 395 g/mol. The molecule has 0 spiro atoms. The Labute approximate surface area is 168 Å². The molecule has 1 heterocycles. The molecule has 144 valence electrons. The Morgan fingerprint density at radius 3 is 2.57 bits per heavy atom.